The molecule has 0 fully saturated rings. The topological polar surface area (TPSA) is 69.5 Å². The number of para-hydroxylation sites is 6. The Balaban J connectivity index is 0.879. The number of nitrogens with zero attached hydrogens (tertiary/aromatic N) is 6. The third-order valence-electron chi connectivity index (χ3n) is 21.0. The summed E-state index contributed by atoms with van der Waals surface area (Å²) in [6.45, 7) is 6.48. The fourth-order valence-electron chi connectivity index (χ4n) is 16.5. The molecule has 0 spiro atoms. The minimum Gasteiger partial charge on any atom is -0.436 e. The summed E-state index contributed by atoms with van der Waals surface area (Å²) in [4.78, 5) is 5.47. The van der Waals surface area contributed by atoms with E-state index in [0.717, 1.165) is 111 Å². The molecule has 0 unspecified atom stereocenters. The normalized spacial score (nSPS) is 11.9. The highest BCUT2D eigenvalue weighted by atomic mass is 16.3. The lowest BCUT2D eigenvalue weighted by molar-refractivity contribution is 0.620. The van der Waals surface area contributed by atoms with Gasteiger partial charge in [0.05, 0.1) is 55.3 Å². The Labute approximate surface area is 588 Å². The molecule has 0 aliphatic carbocycles. The average molecular weight is 1300 g/mol. The van der Waals surface area contributed by atoms with Crippen molar-refractivity contribution in [2.45, 2.75) is 20.8 Å². The zero-order valence-corrected chi connectivity index (χ0v) is 56.2. The molecule has 102 heavy (non-hydrogen) atoms. The summed E-state index contributed by atoms with van der Waals surface area (Å²) in [5.41, 5.74) is 28.3. The SMILES string of the molecule is Cc1ccc2c(c1)c1ccccc1n2-c1ccc(-c2c(C#N)c(-c3ccc(-n4c5ccccc5c5cc(-c6ccccc6)ccc54)cc3)c(-c3nc4ccccc4o3)c(-c3ccc(-n4c5ccccc5c5cc(C)ccc54)cc3)c2-c2ccc(-n3c4ccccc4c4cc(C)ccc43)cc2)cc1. The lowest BCUT2D eigenvalue weighted by Crippen LogP contribution is -2.03. The van der Waals surface area contributed by atoms with Gasteiger partial charge in [-0.3, -0.25) is 0 Å². The molecule has 7 heteroatoms. The first-order chi connectivity index (χ1) is 50.3. The van der Waals surface area contributed by atoms with Crippen molar-refractivity contribution in [1.82, 2.24) is 23.3 Å². The van der Waals surface area contributed by atoms with Gasteiger partial charge >= 0.3 is 0 Å². The maximum Gasteiger partial charge on any atom is 0.228 e. The van der Waals surface area contributed by atoms with Crippen LogP contribution in [0.5, 0.6) is 0 Å². The lowest BCUT2D eigenvalue weighted by atomic mass is 9.77. The maximum absolute atomic E-state index is 12.7. The van der Waals surface area contributed by atoms with E-state index in [9.17, 15) is 5.26 Å². The van der Waals surface area contributed by atoms with Crippen LogP contribution < -0.4 is 0 Å². The van der Waals surface area contributed by atoms with Crippen LogP contribution in [0.1, 0.15) is 22.3 Å². The van der Waals surface area contributed by atoms with Crippen LogP contribution in [-0.4, -0.2) is 23.3 Å². The van der Waals surface area contributed by atoms with E-state index >= 15 is 0 Å². The van der Waals surface area contributed by atoms with Gasteiger partial charge in [0.15, 0.2) is 5.58 Å². The second-order valence-electron chi connectivity index (χ2n) is 27.1. The molecule has 20 rings (SSSR count). The Bertz CT molecular complexity index is 6840. The number of fused-ring (bicyclic) bond motifs is 13. The van der Waals surface area contributed by atoms with Crippen molar-refractivity contribution in [2.75, 3.05) is 0 Å². The van der Waals surface area contributed by atoms with Crippen molar-refractivity contribution >= 4 is 98.3 Å². The van der Waals surface area contributed by atoms with E-state index in [1.807, 2.05) is 24.3 Å². The molecule has 5 heterocycles. The third-order valence-corrected chi connectivity index (χ3v) is 21.0. The van der Waals surface area contributed by atoms with Crippen molar-refractivity contribution in [2.24, 2.45) is 0 Å². The van der Waals surface area contributed by atoms with E-state index in [4.69, 9.17) is 9.40 Å². The predicted molar refractivity (Wildman–Crippen MR) is 423 cm³/mol. The highest BCUT2D eigenvalue weighted by Crippen LogP contribution is 2.54. The molecule has 0 saturated carbocycles. The smallest absolute Gasteiger partial charge is 0.228 e. The lowest BCUT2D eigenvalue weighted by Gasteiger charge is -2.25. The summed E-state index contributed by atoms with van der Waals surface area (Å²) in [6, 6.07) is 119. The van der Waals surface area contributed by atoms with E-state index in [0.29, 0.717) is 33.7 Å². The van der Waals surface area contributed by atoms with Gasteiger partial charge in [-0.05, 0) is 193 Å². The van der Waals surface area contributed by atoms with Gasteiger partial charge in [0, 0.05) is 82.5 Å². The molecule has 478 valence electrons. The van der Waals surface area contributed by atoms with Crippen LogP contribution in [-0.2, 0) is 0 Å². The Morgan fingerprint density at radius 2 is 0.578 bits per heavy atom. The largest absolute Gasteiger partial charge is 0.436 e. The number of oxazole rings is 1. The molecule has 0 aliphatic rings. The highest BCUT2D eigenvalue weighted by Gasteiger charge is 2.32. The fraction of sp³-hybridized carbons (Fsp3) is 0.0316. The molecule has 20 aromatic rings. The Morgan fingerprint density at radius 1 is 0.265 bits per heavy atom. The summed E-state index contributed by atoms with van der Waals surface area (Å²) in [6.07, 6.45) is 0. The molecule has 0 aliphatic heterocycles. The fourth-order valence-corrected chi connectivity index (χ4v) is 16.5. The number of aryl methyl sites for hydroxylation is 3. The van der Waals surface area contributed by atoms with Crippen LogP contribution >= 0.6 is 0 Å². The molecule has 0 bridgehead atoms. The van der Waals surface area contributed by atoms with E-state index in [2.05, 4.69) is 342 Å². The van der Waals surface area contributed by atoms with E-state index in [1.165, 1.54) is 65.3 Å². The average Bonchev–Trinajstić information content (AvgIpc) is 1.00. The van der Waals surface area contributed by atoms with Gasteiger partial charge in [-0.25, -0.2) is 4.98 Å². The van der Waals surface area contributed by atoms with Gasteiger partial charge in [0.2, 0.25) is 5.89 Å². The molecule has 0 N–H and O–H groups in total. The Hall–Kier alpha value is -13.5. The molecule has 0 radical (unpaired) electrons. The first kappa shape index (κ1) is 58.6. The summed E-state index contributed by atoms with van der Waals surface area (Å²) in [5.74, 6) is 0.405. The minimum absolute atomic E-state index is 0.405. The zero-order valence-electron chi connectivity index (χ0n) is 56.2. The van der Waals surface area contributed by atoms with Gasteiger partial charge in [-0.15, -0.1) is 0 Å². The molecule has 7 nitrogen and oxygen atoms in total. The van der Waals surface area contributed by atoms with Gasteiger partial charge in [0.1, 0.15) is 11.6 Å². The first-order valence-electron chi connectivity index (χ1n) is 34.8. The minimum atomic E-state index is 0.405. The number of hydrogen-bond acceptors (Lipinski definition) is 3. The van der Waals surface area contributed by atoms with Gasteiger partial charge in [0.25, 0.3) is 0 Å². The van der Waals surface area contributed by atoms with Crippen molar-refractivity contribution in [3.8, 4) is 95.9 Å². The quantitative estimate of drug-likeness (QED) is 0.137. The number of nitriles is 1. The van der Waals surface area contributed by atoms with Crippen LogP contribution in [0.3, 0.4) is 0 Å². The zero-order chi connectivity index (χ0) is 67.8. The molecular weight excluding hydrogens is 1240 g/mol. The van der Waals surface area contributed by atoms with Crippen molar-refractivity contribution in [3.05, 3.63) is 344 Å². The number of benzene rings is 15. The monoisotopic (exact) mass is 1300 g/mol. The number of rotatable bonds is 10. The maximum atomic E-state index is 12.7. The summed E-state index contributed by atoms with van der Waals surface area (Å²) < 4.78 is 16.7. The van der Waals surface area contributed by atoms with Crippen molar-refractivity contribution < 1.29 is 4.42 Å². The Kier molecular flexibility index (Phi) is 13.2. The van der Waals surface area contributed by atoms with E-state index in [-0.39, 0.29) is 0 Å². The van der Waals surface area contributed by atoms with Gasteiger partial charge in [-0.1, -0.05) is 205 Å². The van der Waals surface area contributed by atoms with Crippen molar-refractivity contribution in [3.63, 3.8) is 0 Å². The standard InChI is InChI=1S/C95H62N6O/c1-58-29-49-85-75(53-58)71-19-7-12-24-81(71)98(85)67-41-32-62(33-42-67)90-79(57-96)91(63-34-43-68(44-35-63)101-84-27-15-10-22-74(84)78-56-66(40-52-88(78)101)61-17-5-4-6-18-61)94(95-97-80-23-11-16-28-89(80)102-95)93(65-38-47-70(48-39-65)100-83-26-14-9-21-73(83)77-55-60(3)31-51-87(77)100)92(90)64-36-45-69(46-37-64)99-82-25-13-8-20-72(82)76-54-59(2)30-50-86(76)99/h4-56H,1-3H3. The molecular formula is C95H62N6O. The van der Waals surface area contributed by atoms with Crippen LogP contribution in [0.4, 0.5) is 0 Å². The number of aromatic nitrogens is 5. The third kappa shape index (κ3) is 9.10. The van der Waals surface area contributed by atoms with Crippen LogP contribution in [0.15, 0.2) is 326 Å². The molecule has 0 saturated heterocycles. The van der Waals surface area contributed by atoms with Gasteiger partial charge in [-0.2, -0.15) is 5.26 Å². The summed E-state index contributed by atoms with van der Waals surface area (Å²) in [5, 5.41) is 22.2. The van der Waals surface area contributed by atoms with Crippen LogP contribution in [0.25, 0.3) is 188 Å². The van der Waals surface area contributed by atoms with Gasteiger partial charge < -0.3 is 22.7 Å². The van der Waals surface area contributed by atoms with Crippen LogP contribution in [0, 0.1) is 32.1 Å². The first-order valence-corrected chi connectivity index (χ1v) is 34.8. The summed E-state index contributed by atoms with van der Waals surface area (Å²) in [7, 11) is 0. The summed E-state index contributed by atoms with van der Waals surface area (Å²) >= 11 is 0. The number of hydrogen-bond donors (Lipinski definition) is 0. The predicted octanol–water partition coefficient (Wildman–Crippen LogP) is 25.0. The second-order valence-corrected chi connectivity index (χ2v) is 27.1. The molecule has 0 amide bonds. The molecule has 0 atom stereocenters. The van der Waals surface area contributed by atoms with Crippen LogP contribution in [0.2, 0.25) is 0 Å². The molecule has 5 aromatic heterocycles. The second kappa shape index (κ2) is 23.0. The van der Waals surface area contributed by atoms with E-state index < -0.39 is 0 Å². The Morgan fingerprint density at radius 3 is 0.980 bits per heavy atom. The molecule has 15 aromatic carbocycles. The van der Waals surface area contributed by atoms with Crippen molar-refractivity contribution in [1.29, 1.82) is 5.26 Å². The highest BCUT2D eigenvalue weighted by molar-refractivity contribution is 6.15. The van der Waals surface area contributed by atoms with E-state index in [1.54, 1.807) is 0 Å².